The number of nitriles is 1. The predicted molar refractivity (Wildman–Crippen MR) is 83.9 cm³/mol. The molecule has 2 atom stereocenters. The summed E-state index contributed by atoms with van der Waals surface area (Å²) in [4.78, 5) is 6.32. The van der Waals surface area contributed by atoms with Gasteiger partial charge in [0.05, 0.1) is 12.2 Å². The molecule has 2 unspecified atom stereocenters. The van der Waals surface area contributed by atoms with Gasteiger partial charge in [-0.2, -0.15) is 10.2 Å². The summed E-state index contributed by atoms with van der Waals surface area (Å²) in [6, 6.07) is 9.30. The Bertz CT molecular complexity index is 695. The maximum atomic E-state index is 9.33. The lowest BCUT2D eigenvalue weighted by atomic mass is 10.2. The van der Waals surface area contributed by atoms with E-state index in [0.717, 1.165) is 5.56 Å². The standard InChI is InChI=1S/C16H16ClN3O2/c1-10-8-20(9-11(2)21-10)16-14(7-18)19-15(22-16)12-3-5-13(17)6-4-12/h3-6,10-11H,8-9H2,1-2H3. The number of aromatic nitrogens is 1. The van der Waals surface area contributed by atoms with E-state index in [1.54, 1.807) is 12.1 Å². The average molecular weight is 318 g/mol. The fourth-order valence-electron chi connectivity index (χ4n) is 2.66. The van der Waals surface area contributed by atoms with E-state index in [9.17, 15) is 5.26 Å². The highest BCUT2D eigenvalue weighted by atomic mass is 35.5. The number of rotatable bonds is 2. The fourth-order valence-corrected chi connectivity index (χ4v) is 2.78. The van der Waals surface area contributed by atoms with Crippen molar-refractivity contribution in [2.24, 2.45) is 0 Å². The van der Waals surface area contributed by atoms with E-state index in [1.165, 1.54) is 0 Å². The van der Waals surface area contributed by atoms with Crippen LogP contribution in [0.2, 0.25) is 5.02 Å². The van der Waals surface area contributed by atoms with Crippen molar-refractivity contribution in [1.82, 2.24) is 4.98 Å². The summed E-state index contributed by atoms with van der Waals surface area (Å²) in [7, 11) is 0. The Balaban J connectivity index is 1.95. The van der Waals surface area contributed by atoms with Crippen LogP contribution in [0.4, 0.5) is 5.88 Å². The van der Waals surface area contributed by atoms with Crippen molar-refractivity contribution < 1.29 is 9.15 Å². The maximum Gasteiger partial charge on any atom is 0.235 e. The van der Waals surface area contributed by atoms with Crippen LogP contribution in [-0.2, 0) is 4.74 Å². The smallest absolute Gasteiger partial charge is 0.235 e. The zero-order valence-corrected chi connectivity index (χ0v) is 13.2. The van der Waals surface area contributed by atoms with E-state index >= 15 is 0 Å². The number of hydrogen-bond donors (Lipinski definition) is 0. The van der Waals surface area contributed by atoms with Crippen molar-refractivity contribution in [3.63, 3.8) is 0 Å². The second-order valence-corrected chi connectivity index (χ2v) is 5.89. The molecule has 3 rings (SSSR count). The van der Waals surface area contributed by atoms with Crippen LogP contribution < -0.4 is 4.90 Å². The van der Waals surface area contributed by atoms with Crippen LogP contribution in [0.1, 0.15) is 19.5 Å². The number of benzene rings is 1. The summed E-state index contributed by atoms with van der Waals surface area (Å²) in [5.41, 5.74) is 1.09. The number of oxazole rings is 1. The Hall–Kier alpha value is -2.03. The van der Waals surface area contributed by atoms with Gasteiger partial charge in [-0.05, 0) is 38.1 Å². The highest BCUT2D eigenvalue weighted by Crippen LogP contribution is 2.30. The zero-order valence-electron chi connectivity index (χ0n) is 12.4. The summed E-state index contributed by atoms with van der Waals surface area (Å²) in [6.45, 7) is 5.36. The van der Waals surface area contributed by atoms with Crippen molar-refractivity contribution in [2.45, 2.75) is 26.1 Å². The van der Waals surface area contributed by atoms with Crippen molar-refractivity contribution >= 4 is 17.5 Å². The molecule has 0 amide bonds. The molecule has 22 heavy (non-hydrogen) atoms. The van der Waals surface area contributed by atoms with E-state index in [2.05, 4.69) is 11.1 Å². The van der Waals surface area contributed by atoms with Gasteiger partial charge in [0.2, 0.25) is 17.5 Å². The molecule has 0 aliphatic carbocycles. The number of halogens is 1. The Morgan fingerprint density at radius 2 is 1.86 bits per heavy atom. The van der Waals surface area contributed by atoms with Gasteiger partial charge >= 0.3 is 0 Å². The van der Waals surface area contributed by atoms with E-state index in [0.29, 0.717) is 35.6 Å². The number of ether oxygens (including phenoxy) is 1. The van der Waals surface area contributed by atoms with Crippen LogP contribution in [0.15, 0.2) is 28.7 Å². The van der Waals surface area contributed by atoms with E-state index in [4.69, 9.17) is 20.8 Å². The van der Waals surface area contributed by atoms with Crippen LogP contribution >= 0.6 is 11.6 Å². The Labute approximate surface area is 134 Å². The molecular weight excluding hydrogens is 302 g/mol. The second-order valence-electron chi connectivity index (χ2n) is 5.45. The van der Waals surface area contributed by atoms with Crippen LogP contribution in [0.5, 0.6) is 0 Å². The Kier molecular flexibility index (Phi) is 4.06. The lowest BCUT2D eigenvalue weighted by Gasteiger charge is -2.34. The Morgan fingerprint density at radius 3 is 2.45 bits per heavy atom. The molecule has 2 aromatic rings. The van der Waals surface area contributed by atoms with Crippen molar-refractivity contribution in [3.05, 3.63) is 35.0 Å². The molecule has 6 heteroatoms. The highest BCUT2D eigenvalue weighted by Gasteiger charge is 2.28. The maximum absolute atomic E-state index is 9.33. The van der Waals surface area contributed by atoms with Gasteiger partial charge in [0.1, 0.15) is 6.07 Å². The number of morpholine rings is 1. The van der Waals surface area contributed by atoms with Gasteiger partial charge in [-0.1, -0.05) is 11.6 Å². The summed E-state index contributed by atoms with van der Waals surface area (Å²) in [5.74, 6) is 0.935. The third-order valence-corrected chi connectivity index (χ3v) is 3.77. The Morgan fingerprint density at radius 1 is 1.23 bits per heavy atom. The molecule has 0 radical (unpaired) electrons. The van der Waals surface area contributed by atoms with E-state index in [-0.39, 0.29) is 12.2 Å². The van der Waals surface area contributed by atoms with Gasteiger partial charge in [0.25, 0.3) is 0 Å². The monoisotopic (exact) mass is 317 g/mol. The molecule has 1 aliphatic rings. The molecular formula is C16H16ClN3O2. The topological polar surface area (TPSA) is 62.3 Å². The van der Waals surface area contributed by atoms with Crippen LogP contribution in [0.3, 0.4) is 0 Å². The molecule has 1 fully saturated rings. The minimum Gasteiger partial charge on any atom is -0.419 e. The first-order valence-electron chi connectivity index (χ1n) is 7.14. The third kappa shape index (κ3) is 2.94. The fraction of sp³-hybridized carbons (Fsp3) is 0.375. The first-order valence-corrected chi connectivity index (χ1v) is 7.52. The first kappa shape index (κ1) is 14.9. The second kappa shape index (κ2) is 5.99. The van der Waals surface area contributed by atoms with Gasteiger partial charge in [-0.3, -0.25) is 0 Å². The van der Waals surface area contributed by atoms with Gasteiger partial charge in [0, 0.05) is 23.7 Å². The van der Waals surface area contributed by atoms with Crippen molar-refractivity contribution in [1.29, 1.82) is 5.26 Å². The molecule has 0 spiro atoms. The van der Waals surface area contributed by atoms with E-state index < -0.39 is 0 Å². The summed E-state index contributed by atoms with van der Waals surface area (Å²) < 4.78 is 11.6. The molecule has 5 nitrogen and oxygen atoms in total. The molecule has 0 N–H and O–H groups in total. The quantitative estimate of drug-likeness (QED) is 0.848. The van der Waals surface area contributed by atoms with Crippen LogP contribution in [0, 0.1) is 11.3 Å². The first-order chi connectivity index (χ1) is 10.6. The average Bonchev–Trinajstić information content (AvgIpc) is 2.91. The molecule has 1 saturated heterocycles. The summed E-state index contributed by atoms with van der Waals surface area (Å²) in [6.07, 6.45) is 0.166. The summed E-state index contributed by atoms with van der Waals surface area (Å²) >= 11 is 5.89. The van der Waals surface area contributed by atoms with Crippen LogP contribution in [0.25, 0.3) is 11.5 Å². The van der Waals surface area contributed by atoms with Crippen molar-refractivity contribution in [2.75, 3.05) is 18.0 Å². The number of anilines is 1. The van der Waals surface area contributed by atoms with Gasteiger partial charge in [0.15, 0.2) is 0 Å². The normalized spacial score (nSPS) is 21.6. The molecule has 1 aromatic heterocycles. The minimum atomic E-state index is 0.0828. The predicted octanol–water partition coefficient (Wildman–Crippen LogP) is 3.48. The molecule has 1 aliphatic heterocycles. The molecule has 1 aromatic carbocycles. The number of nitrogens with zero attached hydrogens (tertiary/aromatic N) is 3. The molecule has 0 bridgehead atoms. The number of hydrogen-bond acceptors (Lipinski definition) is 5. The molecule has 2 heterocycles. The lowest BCUT2D eigenvalue weighted by molar-refractivity contribution is -0.00638. The highest BCUT2D eigenvalue weighted by molar-refractivity contribution is 6.30. The van der Waals surface area contributed by atoms with Gasteiger partial charge in [-0.15, -0.1) is 0 Å². The van der Waals surface area contributed by atoms with Gasteiger partial charge in [-0.25, -0.2) is 0 Å². The largest absolute Gasteiger partial charge is 0.419 e. The van der Waals surface area contributed by atoms with Crippen molar-refractivity contribution in [3.8, 4) is 17.5 Å². The summed E-state index contributed by atoms with van der Waals surface area (Å²) in [5, 5.41) is 9.98. The van der Waals surface area contributed by atoms with Crippen LogP contribution in [-0.4, -0.2) is 30.3 Å². The zero-order chi connectivity index (χ0) is 15.7. The lowest BCUT2D eigenvalue weighted by Crippen LogP contribution is -2.45. The third-order valence-electron chi connectivity index (χ3n) is 3.51. The molecule has 114 valence electrons. The van der Waals surface area contributed by atoms with E-state index in [1.807, 2.05) is 30.9 Å². The van der Waals surface area contributed by atoms with Gasteiger partial charge < -0.3 is 14.1 Å². The minimum absolute atomic E-state index is 0.0828. The molecule has 0 saturated carbocycles. The SMILES string of the molecule is CC1CN(c2oc(-c3ccc(Cl)cc3)nc2C#N)CC(C)O1.